The third-order valence-electron chi connectivity index (χ3n) is 2.10. The summed E-state index contributed by atoms with van der Waals surface area (Å²) in [4.78, 5) is 18.7. The number of nitrogens with one attached hydrogen (secondary N) is 1. The molecule has 0 aliphatic heterocycles. The first kappa shape index (κ1) is 10.6. The molecule has 0 saturated heterocycles. The van der Waals surface area contributed by atoms with Gasteiger partial charge in [0.05, 0.1) is 12.1 Å². The first-order valence-electron chi connectivity index (χ1n) is 4.55. The summed E-state index contributed by atoms with van der Waals surface area (Å²) in [5, 5.41) is 12.4. The molecule has 0 bridgehead atoms. The Morgan fingerprint density at radius 2 is 2.44 bits per heavy atom. The van der Waals surface area contributed by atoms with Crippen molar-refractivity contribution in [2.75, 3.05) is 5.32 Å². The molecule has 2 aromatic heterocycles. The van der Waals surface area contributed by atoms with E-state index in [0.717, 1.165) is 5.82 Å². The number of imidazole rings is 1. The second-order valence-corrected chi connectivity index (χ2v) is 4.00. The summed E-state index contributed by atoms with van der Waals surface area (Å²) in [6.07, 6.45) is 3.53. The summed E-state index contributed by atoms with van der Waals surface area (Å²) in [7, 11) is 1.88. The van der Waals surface area contributed by atoms with Gasteiger partial charge in [-0.15, -0.1) is 11.3 Å². The molecule has 0 atom stereocenters. The number of carboxylic acid groups (broad SMARTS) is 1. The lowest BCUT2D eigenvalue weighted by atomic mass is 10.4. The van der Waals surface area contributed by atoms with Crippen LogP contribution in [0.5, 0.6) is 0 Å². The van der Waals surface area contributed by atoms with Crippen molar-refractivity contribution in [3.63, 3.8) is 0 Å². The first-order chi connectivity index (χ1) is 7.68. The van der Waals surface area contributed by atoms with Gasteiger partial charge in [-0.2, -0.15) is 0 Å². The number of carbonyl (C=O) groups is 1. The molecule has 2 rings (SSSR count). The molecular weight excluding hydrogens is 228 g/mol. The van der Waals surface area contributed by atoms with Crippen LogP contribution in [0.25, 0.3) is 0 Å². The van der Waals surface area contributed by atoms with Gasteiger partial charge >= 0.3 is 5.97 Å². The lowest BCUT2D eigenvalue weighted by Crippen LogP contribution is -2.08. The Bertz CT molecular complexity index is 505. The van der Waals surface area contributed by atoms with Gasteiger partial charge in [-0.25, -0.2) is 14.8 Å². The Morgan fingerprint density at radius 3 is 3.06 bits per heavy atom. The number of thiazole rings is 1. The quantitative estimate of drug-likeness (QED) is 0.836. The molecule has 7 heteroatoms. The summed E-state index contributed by atoms with van der Waals surface area (Å²) in [6.45, 7) is 0.478. The number of aromatic carboxylic acids is 1. The molecule has 0 amide bonds. The Labute approximate surface area is 95.6 Å². The van der Waals surface area contributed by atoms with E-state index in [9.17, 15) is 4.79 Å². The van der Waals surface area contributed by atoms with Gasteiger partial charge in [0, 0.05) is 19.4 Å². The summed E-state index contributed by atoms with van der Waals surface area (Å²) in [5.74, 6) is -0.187. The maximum absolute atomic E-state index is 10.8. The summed E-state index contributed by atoms with van der Waals surface area (Å²) < 4.78 is 1.87. The van der Waals surface area contributed by atoms with E-state index in [1.807, 2.05) is 17.8 Å². The number of hydrogen-bond acceptors (Lipinski definition) is 5. The van der Waals surface area contributed by atoms with E-state index in [0.29, 0.717) is 11.5 Å². The van der Waals surface area contributed by atoms with E-state index in [1.165, 1.54) is 16.8 Å². The van der Waals surface area contributed by atoms with Gasteiger partial charge in [-0.3, -0.25) is 0 Å². The van der Waals surface area contributed by atoms with Crippen LogP contribution in [0.3, 0.4) is 0 Å². The molecular formula is C9H10N4O2S. The fourth-order valence-electron chi connectivity index (χ4n) is 1.25. The largest absolute Gasteiger partial charge is 0.476 e. The van der Waals surface area contributed by atoms with Crippen molar-refractivity contribution in [2.24, 2.45) is 7.05 Å². The van der Waals surface area contributed by atoms with Crippen LogP contribution in [0.2, 0.25) is 0 Å². The molecule has 16 heavy (non-hydrogen) atoms. The van der Waals surface area contributed by atoms with Gasteiger partial charge in [0.2, 0.25) is 0 Å². The van der Waals surface area contributed by atoms with E-state index >= 15 is 0 Å². The van der Waals surface area contributed by atoms with Crippen LogP contribution < -0.4 is 5.32 Å². The van der Waals surface area contributed by atoms with Crippen molar-refractivity contribution < 1.29 is 9.90 Å². The molecule has 6 nitrogen and oxygen atoms in total. The normalized spacial score (nSPS) is 10.3. The molecule has 0 aliphatic rings. The molecule has 0 saturated carbocycles. The number of carboxylic acids is 1. The van der Waals surface area contributed by atoms with Crippen LogP contribution in [0.15, 0.2) is 17.9 Å². The van der Waals surface area contributed by atoms with Crippen LogP contribution in [0.1, 0.15) is 16.3 Å². The predicted octanol–water partition coefficient (Wildman–Crippen LogP) is 1.19. The number of nitrogens with zero attached hydrogens (tertiary/aromatic N) is 3. The average molecular weight is 238 g/mol. The zero-order valence-corrected chi connectivity index (χ0v) is 9.36. The van der Waals surface area contributed by atoms with Gasteiger partial charge in [0.1, 0.15) is 10.8 Å². The zero-order valence-electron chi connectivity index (χ0n) is 8.54. The lowest BCUT2D eigenvalue weighted by molar-refractivity contribution is 0.0692. The lowest BCUT2D eigenvalue weighted by Gasteiger charge is -2.04. The van der Waals surface area contributed by atoms with Crippen LogP contribution in [0, 0.1) is 0 Å². The maximum atomic E-state index is 10.8. The standard InChI is InChI=1S/C9H10N4O2S/c1-13-3-2-10-6(13)4-11-8-7(9(14)15)12-5-16-8/h2-3,5,11H,4H2,1H3,(H,14,15). The molecule has 0 fully saturated rings. The minimum atomic E-state index is -1.02. The Balaban J connectivity index is 2.08. The fraction of sp³-hybridized carbons (Fsp3) is 0.222. The molecule has 0 spiro atoms. The van der Waals surface area contributed by atoms with Crippen LogP contribution in [0.4, 0.5) is 5.00 Å². The zero-order chi connectivity index (χ0) is 11.5. The van der Waals surface area contributed by atoms with E-state index in [2.05, 4.69) is 15.3 Å². The number of anilines is 1. The van der Waals surface area contributed by atoms with Crippen molar-refractivity contribution in [3.05, 3.63) is 29.4 Å². The first-order valence-corrected chi connectivity index (χ1v) is 5.43. The molecule has 0 radical (unpaired) electrons. The smallest absolute Gasteiger partial charge is 0.357 e. The monoisotopic (exact) mass is 238 g/mol. The number of aromatic nitrogens is 3. The van der Waals surface area contributed by atoms with Gasteiger partial charge in [0.15, 0.2) is 5.69 Å². The predicted molar refractivity (Wildman–Crippen MR) is 59.6 cm³/mol. The van der Waals surface area contributed by atoms with Gasteiger partial charge in [0.25, 0.3) is 0 Å². The fourth-order valence-corrected chi connectivity index (χ4v) is 1.92. The minimum Gasteiger partial charge on any atom is -0.476 e. The second kappa shape index (κ2) is 4.31. The SMILES string of the molecule is Cn1ccnc1CNc1scnc1C(=O)O. The van der Waals surface area contributed by atoms with E-state index in [-0.39, 0.29) is 5.69 Å². The van der Waals surface area contributed by atoms with Crippen molar-refractivity contribution in [2.45, 2.75) is 6.54 Å². The van der Waals surface area contributed by atoms with Crippen LogP contribution in [-0.4, -0.2) is 25.6 Å². The Hall–Kier alpha value is -1.89. The van der Waals surface area contributed by atoms with E-state index in [4.69, 9.17) is 5.11 Å². The Morgan fingerprint density at radius 1 is 1.62 bits per heavy atom. The summed E-state index contributed by atoms with van der Waals surface area (Å²) in [5.41, 5.74) is 1.56. The van der Waals surface area contributed by atoms with E-state index < -0.39 is 5.97 Å². The van der Waals surface area contributed by atoms with Crippen molar-refractivity contribution in [1.82, 2.24) is 14.5 Å². The minimum absolute atomic E-state index is 0.0548. The van der Waals surface area contributed by atoms with Crippen LogP contribution in [-0.2, 0) is 13.6 Å². The molecule has 0 aliphatic carbocycles. The highest BCUT2D eigenvalue weighted by Gasteiger charge is 2.13. The molecule has 2 heterocycles. The summed E-state index contributed by atoms with van der Waals surface area (Å²) in [6, 6.07) is 0. The number of hydrogen-bond donors (Lipinski definition) is 2. The highest BCUT2D eigenvalue weighted by molar-refractivity contribution is 7.14. The topological polar surface area (TPSA) is 80.0 Å². The van der Waals surface area contributed by atoms with Crippen molar-refractivity contribution >= 4 is 22.3 Å². The molecule has 0 unspecified atom stereocenters. The highest BCUT2D eigenvalue weighted by Crippen LogP contribution is 2.20. The van der Waals surface area contributed by atoms with Gasteiger partial charge in [-0.1, -0.05) is 0 Å². The van der Waals surface area contributed by atoms with Gasteiger partial charge < -0.3 is 15.0 Å². The van der Waals surface area contributed by atoms with E-state index in [1.54, 1.807) is 6.20 Å². The molecule has 2 aromatic rings. The van der Waals surface area contributed by atoms with Crippen molar-refractivity contribution in [1.29, 1.82) is 0 Å². The Kier molecular flexibility index (Phi) is 2.86. The second-order valence-electron chi connectivity index (χ2n) is 3.14. The highest BCUT2D eigenvalue weighted by atomic mass is 32.1. The maximum Gasteiger partial charge on any atom is 0.357 e. The van der Waals surface area contributed by atoms with Crippen LogP contribution >= 0.6 is 11.3 Å². The molecule has 0 aromatic carbocycles. The summed E-state index contributed by atoms with van der Waals surface area (Å²) >= 11 is 1.27. The average Bonchev–Trinajstić information content (AvgIpc) is 2.83. The molecule has 2 N–H and O–H groups in total. The third kappa shape index (κ3) is 2.03. The third-order valence-corrected chi connectivity index (χ3v) is 2.88. The number of aryl methyl sites for hydroxylation is 1. The number of rotatable bonds is 4. The van der Waals surface area contributed by atoms with Gasteiger partial charge in [-0.05, 0) is 0 Å². The van der Waals surface area contributed by atoms with Crippen molar-refractivity contribution in [3.8, 4) is 0 Å². The molecule has 84 valence electrons.